The molecule has 0 aromatic heterocycles. The fraction of sp³-hybridized carbons (Fsp3) is 0.130. The predicted octanol–water partition coefficient (Wildman–Crippen LogP) is 4.03. The van der Waals surface area contributed by atoms with E-state index in [0.29, 0.717) is 27.1 Å². The Morgan fingerprint density at radius 3 is 2.66 bits per heavy atom. The zero-order chi connectivity index (χ0) is 23.3. The second-order valence-corrected chi connectivity index (χ2v) is 7.71. The van der Waals surface area contributed by atoms with Crippen LogP contribution in [-0.4, -0.2) is 50.8 Å². The molecule has 0 spiro atoms. The molecule has 1 heterocycles. The van der Waals surface area contributed by atoms with Gasteiger partial charge in [0, 0.05) is 12.1 Å². The average molecular weight is 452 g/mol. The van der Waals surface area contributed by atoms with Gasteiger partial charge in [-0.15, -0.1) is 6.58 Å². The van der Waals surface area contributed by atoms with Crippen molar-refractivity contribution in [3.8, 4) is 5.75 Å². The largest absolute Gasteiger partial charge is 0.479 e. The van der Waals surface area contributed by atoms with E-state index in [1.807, 2.05) is 0 Å². The number of nitrogens with zero attached hydrogens (tertiary/aromatic N) is 2. The van der Waals surface area contributed by atoms with Crippen LogP contribution in [-0.2, 0) is 9.59 Å². The van der Waals surface area contributed by atoms with Crippen LogP contribution in [0.3, 0.4) is 0 Å². The second-order valence-electron chi connectivity index (χ2n) is 6.70. The maximum atomic E-state index is 13.0. The van der Waals surface area contributed by atoms with Crippen molar-refractivity contribution in [1.29, 1.82) is 0 Å². The van der Waals surface area contributed by atoms with Gasteiger partial charge in [0.15, 0.2) is 11.3 Å². The number of carbonyl (C=O) groups excluding carboxylic acids is 1. The molecule has 0 aliphatic carbocycles. The normalized spacial score (nSPS) is 16.9. The maximum absolute atomic E-state index is 13.0. The number of carboxylic acid groups (broad SMARTS) is 2. The van der Waals surface area contributed by atoms with Crippen LogP contribution >= 0.6 is 11.8 Å². The van der Waals surface area contributed by atoms with Gasteiger partial charge in [-0.25, -0.2) is 14.6 Å². The third kappa shape index (κ3) is 5.25. The number of thioether (sulfide) groups is 1. The van der Waals surface area contributed by atoms with Gasteiger partial charge >= 0.3 is 11.9 Å². The Bertz CT molecular complexity index is 1140. The highest BCUT2D eigenvalue weighted by atomic mass is 32.2. The summed E-state index contributed by atoms with van der Waals surface area (Å²) >= 11 is 1.13. The Hall–Kier alpha value is -3.85. The lowest BCUT2D eigenvalue weighted by Crippen LogP contribution is -2.29. The molecule has 2 aromatic rings. The number of para-hydroxylation sites is 1. The van der Waals surface area contributed by atoms with Gasteiger partial charge in [-0.3, -0.25) is 9.69 Å². The number of aromatic carboxylic acids is 1. The first-order chi connectivity index (χ1) is 15.3. The molecule has 1 aliphatic rings. The first-order valence-corrected chi connectivity index (χ1v) is 10.3. The highest BCUT2D eigenvalue weighted by Gasteiger charge is 2.33. The molecule has 1 amide bonds. The number of amides is 1. The van der Waals surface area contributed by atoms with Gasteiger partial charge < -0.3 is 14.9 Å². The summed E-state index contributed by atoms with van der Waals surface area (Å²) < 4.78 is 5.50. The van der Waals surface area contributed by atoms with Crippen molar-refractivity contribution in [3.63, 3.8) is 0 Å². The Balaban J connectivity index is 1.96. The Morgan fingerprint density at radius 1 is 1.22 bits per heavy atom. The molecule has 0 bridgehead atoms. The average Bonchev–Trinajstić information content (AvgIpc) is 3.04. The highest BCUT2D eigenvalue weighted by Crippen LogP contribution is 2.35. The summed E-state index contributed by atoms with van der Waals surface area (Å²) in [4.78, 5) is 41.6. The van der Waals surface area contributed by atoms with Crippen LogP contribution in [0.2, 0.25) is 0 Å². The van der Waals surface area contributed by atoms with Crippen molar-refractivity contribution in [2.24, 2.45) is 4.99 Å². The highest BCUT2D eigenvalue weighted by molar-refractivity contribution is 8.18. The van der Waals surface area contributed by atoms with E-state index in [9.17, 15) is 19.5 Å². The van der Waals surface area contributed by atoms with Crippen LogP contribution in [0, 0.1) is 0 Å². The fourth-order valence-electron chi connectivity index (χ4n) is 2.79. The molecule has 1 fully saturated rings. The van der Waals surface area contributed by atoms with E-state index in [1.165, 1.54) is 24.0 Å². The fourth-order valence-corrected chi connectivity index (χ4v) is 3.79. The minimum absolute atomic E-state index is 0.0887. The number of carbonyl (C=O) groups is 3. The molecule has 0 radical (unpaired) electrons. The quantitative estimate of drug-likeness (QED) is 0.459. The summed E-state index contributed by atoms with van der Waals surface area (Å²) in [6.45, 7) is 5.32. The molecule has 8 nitrogen and oxygen atoms in total. The summed E-state index contributed by atoms with van der Waals surface area (Å²) in [5.74, 6) is -2.14. The minimum Gasteiger partial charge on any atom is -0.479 e. The van der Waals surface area contributed by atoms with Gasteiger partial charge in [-0.1, -0.05) is 30.3 Å². The van der Waals surface area contributed by atoms with E-state index in [0.717, 1.165) is 11.8 Å². The lowest BCUT2D eigenvalue weighted by atomic mass is 10.2. The number of aliphatic imine (C=N–C) groups is 1. The van der Waals surface area contributed by atoms with E-state index >= 15 is 0 Å². The molecule has 9 heteroatoms. The van der Waals surface area contributed by atoms with Gasteiger partial charge in [0.25, 0.3) is 5.91 Å². The van der Waals surface area contributed by atoms with E-state index < -0.39 is 18.0 Å². The Labute approximate surface area is 188 Å². The first-order valence-electron chi connectivity index (χ1n) is 9.53. The second kappa shape index (κ2) is 9.97. The van der Waals surface area contributed by atoms with Crippen molar-refractivity contribution < 1.29 is 29.3 Å². The number of hydrogen-bond donors (Lipinski definition) is 2. The number of aliphatic carboxylic acids is 1. The van der Waals surface area contributed by atoms with Crippen molar-refractivity contribution in [2.45, 2.75) is 13.0 Å². The van der Waals surface area contributed by atoms with Crippen molar-refractivity contribution in [2.75, 3.05) is 6.54 Å². The van der Waals surface area contributed by atoms with Gasteiger partial charge in [-0.05, 0) is 49.0 Å². The molecule has 1 unspecified atom stereocenters. The molecular weight excluding hydrogens is 432 g/mol. The molecule has 1 aliphatic heterocycles. The minimum atomic E-state index is -1.10. The number of ether oxygens (including phenoxy) is 1. The summed E-state index contributed by atoms with van der Waals surface area (Å²) in [5, 5.41) is 18.7. The van der Waals surface area contributed by atoms with Crippen molar-refractivity contribution >= 4 is 46.5 Å². The molecule has 164 valence electrons. The third-order valence-electron chi connectivity index (χ3n) is 4.37. The van der Waals surface area contributed by atoms with Gasteiger partial charge in [0.1, 0.15) is 5.75 Å². The van der Waals surface area contributed by atoms with Crippen LogP contribution in [0.15, 0.2) is 71.1 Å². The molecule has 1 atom stereocenters. The maximum Gasteiger partial charge on any atom is 0.344 e. The predicted molar refractivity (Wildman–Crippen MR) is 122 cm³/mol. The smallest absolute Gasteiger partial charge is 0.344 e. The Morgan fingerprint density at radius 2 is 1.97 bits per heavy atom. The molecule has 0 saturated carbocycles. The number of amidine groups is 1. The molecule has 3 rings (SSSR count). The van der Waals surface area contributed by atoms with Crippen molar-refractivity contribution in [1.82, 2.24) is 4.90 Å². The lowest BCUT2D eigenvalue weighted by Gasteiger charge is -2.13. The molecule has 2 aromatic carbocycles. The standard InChI is InChI=1S/C23H20N2O6S/c1-3-11-25-20(26)19(13-15-7-4-5-10-18(15)31-14(2)21(27)28)32-23(25)24-17-9-6-8-16(12-17)22(29)30/h3-10,12-14H,1,11H2,2H3,(H,27,28)(H,29,30)/b19-13-,24-23?. The molecule has 2 N–H and O–H groups in total. The van der Waals surface area contributed by atoms with E-state index in [4.69, 9.17) is 9.84 Å². The van der Waals surface area contributed by atoms with Crippen molar-refractivity contribution in [3.05, 3.63) is 77.2 Å². The van der Waals surface area contributed by atoms with E-state index in [-0.39, 0.29) is 18.0 Å². The van der Waals surface area contributed by atoms with Crippen LogP contribution in [0.1, 0.15) is 22.8 Å². The number of benzene rings is 2. The molecular formula is C23H20N2O6S. The zero-order valence-electron chi connectivity index (χ0n) is 17.1. The Kier molecular flexibility index (Phi) is 7.11. The summed E-state index contributed by atoms with van der Waals surface area (Å²) in [6, 6.07) is 12.9. The summed E-state index contributed by atoms with van der Waals surface area (Å²) in [6.07, 6.45) is 2.12. The molecule has 1 saturated heterocycles. The van der Waals surface area contributed by atoms with Crippen LogP contribution in [0.5, 0.6) is 5.75 Å². The first kappa shape index (κ1) is 22.8. The van der Waals surface area contributed by atoms with Gasteiger partial charge in [0.05, 0.1) is 16.2 Å². The monoisotopic (exact) mass is 452 g/mol. The van der Waals surface area contributed by atoms with E-state index in [1.54, 1.807) is 48.6 Å². The van der Waals surface area contributed by atoms with E-state index in [2.05, 4.69) is 11.6 Å². The summed E-state index contributed by atoms with van der Waals surface area (Å²) in [7, 11) is 0. The topological polar surface area (TPSA) is 117 Å². The van der Waals surface area contributed by atoms with Crippen LogP contribution in [0.25, 0.3) is 6.08 Å². The van der Waals surface area contributed by atoms with Crippen LogP contribution < -0.4 is 4.74 Å². The molecule has 32 heavy (non-hydrogen) atoms. The number of hydrogen-bond acceptors (Lipinski definition) is 6. The number of carboxylic acids is 2. The van der Waals surface area contributed by atoms with Gasteiger partial charge in [0.2, 0.25) is 0 Å². The number of rotatable bonds is 8. The lowest BCUT2D eigenvalue weighted by molar-refractivity contribution is -0.144. The SMILES string of the molecule is C=CCN1C(=O)/C(=C/c2ccccc2OC(C)C(=O)O)SC1=Nc1cccc(C(=O)O)c1. The zero-order valence-corrected chi connectivity index (χ0v) is 17.9. The van der Waals surface area contributed by atoms with Gasteiger partial charge in [-0.2, -0.15) is 0 Å². The summed E-state index contributed by atoms with van der Waals surface area (Å²) in [5.41, 5.74) is 1.03. The van der Waals surface area contributed by atoms with Crippen LogP contribution in [0.4, 0.5) is 5.69 Å². The third-order valence-corrected chi connectivity index (χ3v) is 5.38.